The Morgan fingerprint density at radius 1 is 1.22 bits per heavy atom. The van der Waals surface area contributed by atoms with Gasteiger partial charge in [-0.15, -0.1) is 0 Å². The Morgan fingerprint density at radius 2 is 1.85 bits per heavy atom. The first-order valence-corrected chi connectivity index (χ1v) is 8.59. The maximum Gasteiger partial charge on any atom is 0.391 e. The van der Waals surface area contributed by atoms with Crippen LogP contribution >= 0.6 is 0 Å². The lowest BCUT2D eigenvalue weighted by Gasteiger charge is -2.28. The minimum atomic E-state index is -4.12. The minimum absolute atomic E-state index is 0.0571. The summed E-state index contributed by atoms with van der Waals surface area (Å²) in [5, 5.41) is 2.60. The number of halogens is 3. The molecule has 0 atom stereocenters. The molecule has 0 aliphatic heterocycles. The van der Waals surface area contributed by atoms with Crippen molar-refractivity contribution in [1.82, 2.24) is 4.98 Å². The standard InChI is InChI=1S/C19H23F3N2O3/c1-4-16(25)23-15-11-13(17(26-2)24-18(15)27-3)8-5-12-6-9-14(10-7-12)19(20,21)22/h4-5,8,11-12,14H,1,6-7,9-10H2,2-3H3,(H,23,25). The molecule has 148 valence electrons. The van der Waals surface area contributed by atoms with Crippen molar-refractivity contribution < 1.29 is 27.4 Å². The predicted octanol–water partition coefficient (Wildman–Crippen LogP) is 4.61. The van der Waals surface area contributed by atoms with E-state index in [2.05, 4.69) is 16.9 Å². The highest BCUT2D eigenvalue weighted by Gasteiger charge is 2.40. The zero-order valence-corrected chi connectivity index (χ0v) is 15.3. The Labute approximate surface area is 156 Å². The summed E-state index contributed by atoms with van der Waals surface area (Å²) >= 11 is 0. The van der Waals surface area contributed by atoms with Crippen molar-refractivity contribution in [3.63, 3.8) is 0 Å². The van der Waals surface area contributed by atoms with E-state index in [-0.39, 0.29) is 24.6 Å². The fourth-order valence-electron chi connectivity index (χ4n) is 3.09. The first kappa shape index (κ1) is 20.8. The Morgan fingerprint density at radius 3 is 2.37 bits per heavy atom. The zero-order chi connectivity index (χ0) is 20.0. The van der Waals surface area contributed by atoms with Crippen molar-refractivity contribution in [1.29, 1.82) is 0 Å². The molecule has 1 aromatic heterocycles. The van der Waals surface area contributed by atoms with Crippen molar-refractivity contribution in [2.45, 2.75) is 31.9 Å². The lowest BCUT2D eigenvalue weighted by atomic mass is 9.81. The van der Waals surface area contributed by atoms with Gasteiger partial charge in [0.1, 0.15) is 5.69 Å². The number of nitrogens with one attached hydrogen (secondary N) is 1. The molecule has 0 bridgehead atoms. The lowest BCUT2D eigenvalue weighted by Crippen LogP contribution is -2.27. The first-order chi connectivity index (χ1) is 12.8. The van der Waals surface area contributed by atoms with Gasteiger partial charge in [-0.05, 0) is 43.7 Å². The van der Waals surface area contributed by atoms with Gasteiger partial charge in [-0.25, -0.2) is 0 Å². The Balaban J connectivity index is 2.17. The molecule has 1 heterocycles. The van der Waals surface area contributed by atoms with E-state index in [1.807, 2.05) is 6.08 Å². The number of amides is 1. The molecule has 1 amide bonds. The number of carbonyl (C=O) groups is 1. The van der Waals surface area contributed by atoms with E-state index in [1.165, 1.54) is 14.2 Å². The highest BCUT2D eigenvalue weighted by atomic mass is 19.4. The number of rotatable bonds is 6. The fraction of sp³-hybridized carbons (Fsp3) is 0.474. The molecule has 2 rings (SSSR count). The van der Waals surface area contributed by atoms with E-state index in [4.69, 9.17) is 9.47 Å². The van der Waals surface area contributed by atoms with Gasteiger partial charge in [-0.1, -0.05) is 18.7 Å². The van der Waals surface area contributed by atoms with Gasteiger partial charge in [0.2, 0.25) is 17.7 Å². The number of carbonyl (C=O) groups excluding carboxylic acids is 1. The van der Waals surface area contributed by atoms with E-state index < -0.39 is 18.0 Å². The number of ether oxygens (including phenoxy) is 2. The molecule has 0 unspecified atom stereocenters. The average Bonchev–Trinajstić information content (AvgIpc) is 2.65. The van der Waals surface area contributed by atoms with Crippen LogP contribution in [0, 0.1) is 11.8 Å². The molecule has 0 saturated heterocycles. The molecule has 8 heteroatoms. The highest BCUT2D eigenvalue weighted by Crippen LogP contribution is 2.40. The third-order valence-electron chi connectivity index (χ3n) is 4.59. The van der Waals surface area contributed by atoms with Crippen LogP contribution in [-0.4, -0.2) is 31.3 Å². The number of methoxy groups -OCH3 is 2. The second-order valence-electron chi connectivity index (χ2n) is 6.35. The zero-order valence-electron chi connectivity index (χ0n) is 15.3. The van der Waals surface area contributed by atoms with Crippen molar-refractivity contribution >= 4 is 17.7 Å². The third-order valence-corrected chi connectivity index (χ3v) is 4.59. The number of pyridine rings is 1. The number of hydrogen-bond donors (Lipinski definition) is 1. The van der Waals surface area contributed by atoms with Crippen molar-refractivity contribution in [3.8, 4) is 11.8 Å². The second kappa shape index (κ2) is 8.92. The number of alkyl halides is 3. The molecule has 1 N–H and O–H groups in total. The van der Waals surface area contributed by atoms with E-state index >= 15 is 0 Å². The fourth-order valence-corrected chi connectivity index (χ4v) is 3.09. The smallest absolute Gasteiger partial charge is 0.391 e. The van der Waals surface area contributed by atoms with E-state index in [9.17, 15) is 18.0 Å². The summed E-state index contributed by atoms with van der Waals surface area (Å²) in [6.45, 7) is 3.40. The van der Waals surface area contributed by atoms with Crippen LogP contribution in [-0.2, 0) is 4.79 Å². The van der Waals surface area contributed by atoms with Crippen LogP contribution in [0.1, 0.15) is 31.2 Å². The third kappa shape index (κ3) is 5.48. The maximum atomic E-state index is 12.8. The van der Waals surface area contributed by atoms with Gasteiger partial charge in [-0.3, -0.25) is 4.79 Å². The molecule has 0 spiro atoms. The topological polar surface area (TPSA) is 60.5 Å². The number of hydrogen-bond acceptors (Lipinski definition) is 4. The van der Waals surface area contributed by atoms with Crippen LogP contribution in [0.15, 0.2) is 24.8 Å². The van der Waals surface area contributed by atoms with Gasteiger partial charge < -0.3 is 14.8 Å². The Hall–Kier alpha value is -2.51. The van der Waals surface area contributed by atoms with Gasteiger partial charge >= 0.3 is 6.18 Å². The number of allylic oxidation sites excluding steroid dienone is 1. The molecule has 5 nitrogen and oxygen atoms in total. The molecule has 0 radical (unpaired) electrons. The monoisotopic (exact) mass is 384 g/mol. The molecule has 1 aliphatic rings. The van der Waals surface area contributed by atoms with Gasteiger partial charge in [0.05, 0.1) is 20.1 Å². The van der Waals surface area contributed by atoms with E-state index in [0.29, 0.717) is 30.0 Å². The number of nitrogens with zero attached hydrogens (tertiary/aromatic N) is 1. The maximum absolute atomic E-state index is 12.8. The van der Waals surface area contributed by atoms with Crippen LogP contribution in [0.2, 0.25) is 0 Å². The van der Waals surface area contributed by atoms with Gasteiger partial charge in [0.15, 0.2) is 0 Å². The Kier molecular flexibility index (Phi) is 6.87. The molecule has 1 saturated carbocycles. The summed E-state index contributed by atoms with van der Waals surface area (Å²) in [5.41, 5.74) is 0.944. The molecule has 1 aromatic rings. The molecule has 0 aromatic carbocycles. The van der Waals surface area contributed by atoms with Crippen LogP contribution in [0.25, 0.3) is 6.08 Å². The van der Waals surface area contributed by atoms with Crippen molar-refractivity contribution in [2.24, 2.45) is 11.8 Å². The molecular weight excluding hydrogens is 361 g/mol. The molecule has 1 aliphatic carbocycles. The molecule has 27 heavy (non-hydrogen) atoms. The van der Waals surface area contributed by atoms with Crippen LogP contribution in [0.3, 0.4) is 0 Å². The normalized spacial score (nSPS) is 20.3. The van der Waals surface area contributed by atoms with E-state index in [0.717, 1.165) is 6.08 Å². The van der Waals surface area contributed by atoms with Crippen LogP contribution in [0.5, 0.6) is 11.8 Å². The molecular formula is C19H23F3N2O3. The summed E-state index contributed by atoms with van der Waals surface area (Å²) in [6, 6.07) is 1.64. The largest absolute Gasteiger partial charge is 0.480 e. The second-order valence-corrected chi connectivity index (χ2v) is 6.35. The van der Waals surface area contributed by atoms with Crippen molar-refractivity contribution in [2.75, 3.05) is 19.5 Å². The summed E-state index contributed by atoms with van der Waals surface area (Å²) in [6.07, 6.45) is 1.87. The number of aromatic nitrogens is 1. The lowest BCUT2D eigenvalue weighted by molar-refractivity contribution is -0.183. The SMILES string of the molecule is C=CC(=O)Nc1cc(C=CC2CCC(C(F)(F)F)CC2)c(OC)nc1OC. The quantitative estimate of drug-likeness (QED) is 0.728. The summed E-state index contributed by atoms with van der Waals surface area (Å²) in [7, 11) is 2.87. The van der Waals surface area contributed by atoms with E-state index in [1.54, 1.807) is 12.1 Å². The van der Waals surface area contributed by atoms with Gasteiger partial charge in [-0.2, -0.15) is 18.2 Å². The minimum Gasteiger partial charge on any atom is -0.480 e. The summed E-state index contributed by atoms with van der Waals surface area (Å²) in [4.78, 5) is 15.8. The number of anilines is 1. The summed E-state index contributed by atoms with van der Waals surface area (Å²) in [5.74, 6) is -1.09. The Bertz CT molecular complexity index is 709. The van der Waals surface area contributed by atoms with Crippen molar-refractivity contribution in [3.05, 3.63) is 30.4 Å². The van der Waals surface area contributed by atoms with Crippen LogP contribution < -0.4 is 14.8 Å². The van der Waals surface area contributed by atoms with Gasteiger partial charge in [0, 0.05) is 5.56 Å². The predicted molar refractivity (Wildman–Crippen MR) is 96.7 cm³/mol. The average molecular weight is 384 g/mol. The van der Waals surface area contributed by atoms with Crippen LogP contribution in [0.4, 0.5) is 18.9 Å². The summed E-state index contributed by atoms with van der Waals surface area (Å²) < 4.78 is 48.7. The molecule has 1 fully saturated rings. The highest BCUT2D eigenvalue weighted by molar-refractivity contribution is 6.00. The van der Waals surface area contributed by atoms with Gasteiger partial charge in [0.25, 0.3) is 0 Å². The first-order valence-electron chi connectivity index (χ1n) is 8.59.